The first-order chi connectivity index (χ1) is 11.3. The van der Waals surface area contributed by atoms with Crippen LogP contribution >= 0.6 is 35.1 Å². The van der Waals surface area contributed by atoms with Crippen LogP contribution in [0.25, 0.3) is 0 Å². The minimum absolute atomic E-state index is 0.0725. The van der Waals surface area contributed by atoms with E-state index < -0.39 is 20.6 Å². The normalized spacial score (nSPS) is 16.0. The van der Waals surface area contributed by atoms with Gasteiger partial charge in [-0.2, -0.15) is 0 Å². The van der Waals surface area contributed by atoms with Gasteiger partial charge in [0.05, 0.1) is 10.6 Å². The van der Waals surface area contributed by atoms with Gasteiger partial charge < -0.3 is 9.47 Å². The maximum atomic E-state index is 11.4. The molecule has 0 spiro atoms. The first kappa shape index (κ1) is 18.9. The Balaban J connectivity index is 2.25. The number of nitrogens with zero attached hydrogens (tertiary/aromatic N) is 2. The molecule has 0 fully saturated rings. The molecule has 2 rings (SSSR count). The van der Waals surface area contributed by atoms with Crippen molar-refractivity contribution in [2.45, 2.75) is 17.9 Å². The number of nitro groups is 1. The van der Waals surface area contributed by atoms with Crippen molar-refractivity contribution >= 4 is 47.0 Å². The molecule has 0 aliphatic carbocycles. The van der Waals surface area contributed by atoms with Crippen molar-refractivity contribution in [2.24, 2.45) is 5.41 Å². The monoisotopic (exact) mass is 390 g/mol. The minimum atomic E-state index is -0.842. The van der Waals surface area contributed by atoms with Crippen molar-refractivity contribution < 1.29 is 19.2 Å². The Labute approximate surface area is 152 Å². The van der Waals surface area contributed by atoms with Crippen LogP contribution < -0.4 is 0 Å². The lowest BCUT2D eigenvalue weighted by atomic mass is 9.87. The van der Waals surface area contributed by atoms with E-state index >= 15 is 0 Å². The molecular formula is C14H15ClN2O5S2. The standard InChI is InChI=1S/C14H15ClN2O5S2/c1-13(2,8-21-12(18)22-9-15)14(23-5-6-24-14)11-4-3-10(7-16-11)17(19)20/h3-7H,8-9H2,1-2H3. The number of aromatic nitrogens is 1. The van der Waals surface area contributed by atoms with Crippen molar-refractivity contribution in [3.63, 3.8) is 0 Å². The van der Waals surface area contributed by atoms with Crippen LogP contribution in [0.1, 0.15) is 19.5 Å². The van der Waals surface area contributed by atoms with Gasteiger partial charge in [0.15, 0.2) is 6.07 Å². The van der Waals surface area contributed by atoms with Gasteiger partial charge in [0, 0.05) is 11.5 Å². The summed E-state index contributed by atoms with van der Waals surface area (Å²) >= 11 is 8.37. The third-order valence-corrected chi connectivity index (χ3v) is 7.02. The van der Waals surface area contributed by atoms with Crippen molar-refractivity contribution in [1.29, 1.82) is 0 Å². The van der Waals surface area contributed by atoms with Gasteiger partial charge in [0.1, 0.15) is 16.9 Å². The van der Waals surface area contributed by atoms with E-state index in [2.05, 4.69) is 9.72 Å². The van der Waals surface area contributed by atoms with Gasteiger partial charge in [-0.1, -0.05) is 25.4 Å². The van der Waals surface area contributed by atoms with Gasteiger partial charge >= 0.3 is 6.16 Å². The molecule has 0 atom stereocenters. The van der Waals surface area contributed by atoms with Crippen LogP contribution in [-0.2, 0) is 13.6 Å². The van der Waals surface area contributed by atoms with Crippen LogP contribution in [0.15, 0.2) is 29.1 Å². The van der Waals surface area contributed by atoms with Crippen LogP contribution in [0.2, 0.25) is 0 Å². The summed E-state index contributed by atoms with van der Waals surface area (Å²) < 4.78 is 9.12. The number of carbonyl (C=O) groups is 1. The summed E-state index contributed by atoms with van der Waals surface area (Å²) in [5.74, 6) is 0. The lowest BCUT2D eigenvalue weighted by Crippen LogP contribution is -2.40. The van der Waals surface area contributed by atoms with E-state index in [-0.39, 0.29) is 18.4 Å². The number of rotatable bonds is 6. The SMILES string of the molecule is CC(C)(COC(=O)OCCl)C1(c2ccc([N+](=O)[O-])cn2)SC=CS1. The number of alkyl halides is 1. The zero-order chi connectivity index (χ0) is 17.8. The van der Waals surface area contributed by atoms with Gasteiger partial charge in [-0.15, -0.1) is 23.5 Å². The Morgan fingerprint density at radius 1 is 1.38 bits per heavy atom. The maximum Gasteiger partial charge on any atom is 0.509 e. The van der Waals surface area contributed by atoms with Crippen LogP contribution in [-0.4, -0.2) is 28.7 Å². The topological polar surface area (TPSA) is 91.6 Å². The molecule has 0 N–H and O–H groups in total. The van der Waals surface area contributed by atoms with Crippen molar-refractivity contribution in [3.05, 3.63) is 45.0 Å². The number of halogens is 1. The molecular weight excluding hydrogens is 376 g/mol. The van der Waals surface area contributed by atoms with Crippen LogP contribution in [0.3, 0.4) is 0 Å². The molecule has 1 aliphatic rings. The molecule has 2 heterocycles. The Bertz CT molecular complexity index is 643. The smallest absolute Gasteiger partial charge is 0.434 e. The fourth-order valence-electron chi connectivity index (χ4n) is 2.17. The average Bonchev–Trinajstić information content (AvgIpc) is 3.05. The summed E-state index contributed by atoms with van der Waals surface area (Å²) in [6.45, 7) is 3.93. The zero-order valence-electron chi connectivity index (χ0n) is 12.9. The summed E-state index contributed by atoms with van der Waals surface area (Å²) in [5.41, 5.74) is 0.0438. The molecule has 24 heavy (non-hydrogen) atoms. The highest BCUT2D eigenvalue weighted by Gasteiger charge is 2.51. The second-order valence-corrected chi connectivity index (χ2v) is 8.18. The summed E-state index contributed by atoms with van der Waals surface area (Å²) in [6, 6.07) is 2.77. The Hall–Kier alpha value is -1.45. The van der Waals surface area contributed by atoms with Crippen LogP contribution in [0.4, 0.5) is 10.5 Å². The predicted molar refractivity (Wildman–Crippen MR) is 93.8 cm³/mol. The summed E-state index contributed by atoms with van der Waals surface area (Å²) in [4.78, 5) is 26.0. The van der Waals surface area contributed by atoms with E-state index in [9.17, 15) is 14.9 Å². The number of pyridine rings is 1. The van der Waals surface area contributed by atoms with Gasteiger partial charge in [0.25, 0.3) is 5.69 Å². The molecule has 0 unspecified atom stereocenters. The molecule has 0 amide bonds. The van der Waals surface area contributed by atoms with Crippen LogP contribution in [0, 0.1) is 15.5 Å². The summed E-state index contributed by atoms with van der Waals surface area (Å²) in [7, 11) is 0. The molecule has 1 aliphatic heterocycles. The van der Waals surface area contributed by atoms with Gasteiger partial charge in [-0.05, 0) is 16.9 Å². The van der Waals surface area contributed by atoms with E-state index in [1.54, 1.807) is 6.07 Å². The van der Waals surface area contributed by atoms with Crippen LogP contribution in [0.5, 0.6) is 0 Å². The average molecular weight is 391 g/mol. The number of hydrogen-bond donors (Lipinski definition) is 0. The second-order valence-electron chi connectivity index (χ2n) is 5.46. The molecule has 130 valence electrons. The fraction of sp³-hybridized carbons (Fsp3) is 0.429. The maximum absolute atomic E-state index is 11.4. The van der Waals surface area contributed by atoms with E-state index in [0.717, 1.165) is 0 Å². The molecule has 0 aromatic carbocycles. The number of hydrogen-bond acceptors (Lipinski definition) is 8. The first-order valence-corrected chi connectivity index (χ1v) is 9.09. The molecule has 1 aromatic heterocycles. The fourth-order valence-corrected chi connectivity index (χ4v) is 4.88. The molecule has 10 heteroatoms. The largest absolute Gasteiger partial charge is 0.509 e. The van der Waals surface area contributed by atoms with E-state index in [1.807, 2.05) is 24.7 Å². The highest BCUT2D eigenvalue weighted by molar-refractivity contribution is 8.23. The lowest BCUT2D eigenvalue weighted by Gasteiger charge is -2.41. The van der Waals surface area contributed by atoms with Gasteiger partial charge in [-0.3, -0.25) is 15.1 Å². The van der Waals surface area contributed by atoms with Crippen molar-refractivity contribution in [3.8, 4) is 0 Å². The zero-order valence-corrected chi connectivity index (χ0v) is 15.3. The van der Waals surface area contributed by atoms with Gasteiger partial charge in [-0.25, -0.2) is 4.79 Å². The van der Waals surface area contributed by atoms with Crippen molar-refractivity contribution in [2.75, 3.05) is 12.7 Å². The number of thioether (sulfide) groups is 2. The first-order valence-electron chi connectivity index (χ1n) is 6.79. The van der Waals surface area contributed by atoms with Crippen molar-refractivity contribution in [1.82, 2.24) is 4.98 Å². The Kier molecular flexibility index (Phi) is 6.00. The molecule has 0 saturated carbocycles. The third-order valence-electron chi connectivity index (χ3n) is 3.43. The molecule has 1 aromatic rings. The predicted octanol–water partition coefficient (Wildman–Crippen LogP) is 4.47. The van der Waals surface area contributed by atoms with E-state index in [4.69, 9.17) is 16.3 Å². The van der Waals surface area contributed by atoms with Gasteiger partial charge in [0.2, 0.25) is 0 Å². The van der Waals surface area contributed by atoms with E-state index in [0.29, 0.717) is 5.69 Å². The quantitative estimate of drug-likeness (QED) is 0.304. The summed E-state index contributed by atoms with van der Waals surface area (Å²) in [6.07, 6.45) is 0.390. The van der Waals surface area contributed by atoms with E-state index in [1.165, 1.54) is 35.8 Å². The summed E-state index contributed by atoms with van der Waals surface area (Å²) in [5, 5.41) is 14.7. The molecule has 0 radical (unpaired) electrons. The molecule has 0 bridgehead atoms. The number of carbonyl (C=O) groups excluding carboxylic acids is 1. The number of ether oxygens (including phenoxy) is 2. The highest BCUT2D eigenvalue weighted by atomic mass is 35.5. The Morgan fingerprint density at radius 3 is 2.54 bits per heavy atom. The Morgan fingerprint density at radius 2 is 2.04 bits per heavy atom. The second kappa shape index (κ2) is 7.62. The lowest BCUT2D eigenvalue weighted by molar-refractivity contribution is -0.385. The molecule has 7 nitrogen and oxygen atoms in total. The highest BCUT2D eigenvalue weighted by Crippen LogP contribution is 2.62. The third kappa shape index (κ3) is 3.79. The minimum Gasteiger partial charge on any atom is -0.434 e. The molecule has 0 saturated heterocycles.